The van der Waals surface area contributed by atoms with Gasteiger partial charge in [-0.15, -0.1) is 0 Å². The first-order chi connectivity index (χ1) is 9.45. The first-order valence-corrected chi connectivity index (χ1v) is 7.07. The lowest BCUT2D eigenvalue weighted by Crippen LogP contribution is -2.12. The van der Waals surface area contributed by atoms with Gasteiger partial charge in [0, 0.05) is 0 Å². The molecule has 2 N–H and O–H groups in total. The maximum atomic E-state index is 13.5. The quantitative estimate of drug-likeness (QED) is 0.877. The maximum Gasteiger partial charge on any atom is 0.123 e. The summed E-state index contributed by atoms with van der Waals surface area (Å²) in [6.45, 7) is 6.29. The molecular formula is C18H22FN. The van der Waals surface area contributed by atoms with Crippen LogP contribution in [0.1, 0.15) is 42.1 Å². The zero-order valence-corrected chi connectivity index (χ0v) is 12.4. The summed E-state index contributed by atoms with van der Waals surface area (Å²) in [4.78, 5) is 0. The highest BCUT2D eigenvalue weighted by molar-refractivity contribution is 5.35. The van der Waals surface area contributed by atoms with E-state index in [-0.39, 0.29) is 11.9 Å². The molecule has 0 heterocycles. The topological polar surface area (TPSA) is 26.0 Å². The van der Waals surface area contributed by atoms with Crippen LogP contribution in [-0.2, 0) is 6.42 Å². The molecule has 1 atom stereocenters. The Morgan fingerprint density at radius 1 is 1.00 bits per heavy atom. The summed E-state index contributed by atoms with van der Waals surface area (Å²) in [5.41, 5.74) is 10.3. The third-order valence-corrected chi connectivity index (χ3v) is 3.41. The van der Waals surface area contributed by atoms with E-state index in [0.717, 1.165) is 23.1 Å². The van der Waals surface area contributed by atoms with Crippen molar-refractivity contribution in [3.8, 4) is 0 Å². The fourth-order valence-corrected chi connectivity index (χ4v) is 2.47. The van der Waals surface area contributed by atoms with Crippen molar-refractivity contribution in [1.82, 2.24) is 0 Å². The molecule has 0 aromatic heterocycles. The van der Waals surface area contributed by atoms with Crippen LogP contribution in [0, 0.1) is 18.7 Å². The van der Waals surface area contributed by atoms with Crippen molar-refractivity contribution in [3.63, 3.8) is 0 Å². The third-order valence-electron chi connectivity index (χ3n) is 3.41. The lowest BCUT2D eigenvalue weighted by molar-refractivity contribution is 0.622. The molecule has 20 heavy (non-hydrogen) atoms. The SMILES string of the molecule is Cc1cc(F)cc(C(N)c2ccc(CC(C)C)cc2)c1. The van der Waals surface area contributed by atoms with E-state index in [2.05, 4.69) is 26.0 Å². The Bertz CT molecular complexity index is 552. The molecule has 1 unspecified atom stereocenters. The summed E-state index contributed by atoms with van der Waals surface area (Å²) in [5, 5.41) is 0. The van der Waals surface area contributed by atoms with Crippen molar-refractivity contribution >= 4 is 0 Å². The van der Waals surface area contributed by atoms with Crippen molar-refractivity contribution in [2.75, 3.05) is 0 Å². The van der Waals surface area contributed by atoms with Gasteiger partial charge in [0.15, 0.2) is 0 Å². The Balaban J connectivity index is 2.22. The molecule has 0 fully saturated rings. The van der Waals surface area contributed by atoms with Crippen molar-refractivity contribution in [1.29, 1.82) is 0 Å². The molecule has 0 spiro atoms. The summed E-state index contributed by atoms with van der Waals surface area (Å²) in [6.07, 6.45) is 1.06. The molecule has 0 saturated carbocycles. The summed E-state index contributed by atoms with van der Waals surface area (Å²) in [7, 11) is 0. The van der Waals surface area contributed by atoms with Crippen LogP contribution in [0.3, 0.4) is 0 Å². The Kier molecular flexibility index (Phi) is 4.56. The van der Waals surface area contributed by atoms with E-state index >= 15 is 0 Å². The summed E-state index contributed by atoms with van der Waals surface area (Å²) in [5.74, 6) is 0.410. The van der Waals surface area contributed by atoms with E-state index in [9.17, 15) is 4.39 Å². The number of benzene rings is 2. The van der Waals surface area contributed by atoms with Crippen LogP contribution in [0.25, 0.3) is 0 Å². The van der Waals surface area contributed by atoms with E-state index < -0.39 is 0 Å². The van der Waals surface area contributed by atoms with Crippen molar-refractivity contribution < 1.29 is 4.39 Å². The molecule has 0 radical (unpaired) electrons. The lowest BCUT2D eigenvalue weighted by Gasteiger charge is -2.14. The highest BCUT2D eigenvalue weighted by atomic mass is 19.1. The molecule has 0 aliphatic rings. The second-order valence-corrected chi connectivity index (χ2v) is 5.88. The molecule has 106 valence electrons. The molecule has 2 heteroatoms. The van der Waals surface area contributed by atoms with E-state index in [1.165, 1.54) is 17.7 Å². The number of hydrogen-bond acceptors (Lipinski definition) is 1. The van der Waals surface area contributed by atoms with E-state index in [0.29, 0.717) is 5.92 Å². The molecule has 2 aromatic carbocycles. The van der Waals surface area contributed by atoms with Crippen LogP contribution in [0.15, 0.2) is 42.5 Å². The van der Waals surface area contributed by atoms with Crippen LogP contribution >= 0.6 is 0 Å². The predicted octanol–water partition coefficient (Wildman–Crippen LogP) is 4.38. The van der Waals surface area contributed by atoms with Gasteiger partial charge in [-0.05, 0) is 53.6 Å². The zero-order valence-electron chi connectivity index (χ0n) is 12.4. The number of aryl methyl sites for hydroxylation is 1. The highest BCUT2D eigenvalue weighted by Gasteiger charge is 2.10. The minimum absolute atomic E-state index is 0.230. The normalized spacial score (nSPS) is 12.7. The van der Waals surface area contributed by atoms with Crippen LogP contribution < -0.4 is 5.73 Å². The largest absolute Gasteiger partial charge is 0.320 e. The fourth-order valence-electron chi connectivity index (χ4n) is 2.47. The van der Waals surface area contributed by atoms with Gasteiger partial charge in [0.25, 0.3) is 0 Å². The molecule has 0 aliphatic heterocycles. The second-order valence-electron chi connectivity index (χ2n) is 5.88. The third kappa shape index (κ3) is 3.67. The zero-order chi connectivity index (χ0) is 14.7. The molecule has 0 aliphatic carbocycles. The molecular weight excluding hydrogens is 249 g/mol. The van der Waals surface area contributed by atoms with Crippen molar-refractivity contribution in [3.05, 3.63) is 70.5 Å². The highest BCUT2D eigenvalue weighted by Crippen LogP contribution is 2.22. The van der Waals surface area contributed by atoms with E-state index in [1.807, 2.05) is 25.1 Å². The van der Waals surface area contributed by atoms with Gasteiger partial charge in [0.2, 0.25) is 0 Å². The number of nitrogens with two attached hydrogens (primary N) is 1. The smallest absolute Gasteiger partial charge is 0.123 e. The fraction of sp³-hybridized carbons (Fsp3) is 0.333. The maximum absolute atomic E-state index is 13.5. The van der Waals surface area contributed by atoms with E-state index in [4.69, 9.17) is 5.73 Å². The standard InChI is InChI=1S/C18H22FN/c1-12(2)8-14-4-6-15(7-5-14)18(20)16-9-13(3)10-17(19)11-16/h4-7,9-12,18H,8,20H2,1-3H3. The van der Waals surface area contributed by atoms with Gasteiger partial charge in [-0.25, -0.2) is 4.39 Å². The van der Waals surface area contributed by atoms with Crippen LogP contribution in [0.5, 0.6) is 0 Å². The Hall–Kier alpha value is -1.67. The molecule has 2 rings (SSSR count). The predicted molar refractivity (Wildman–Crippen MR) is 82.2 cm³/mol. The minimum atomic E-state index is -0.280. The molecule has 0 bridgehead atoms. The van der Waals surface area contributed by atoms with Gasteiger partial charge in [0.1, 0.15) is 5.82 Å². The number of rotatable bonds is 4. The summed E-state index contributed by atoms with van der Waals surface area (Å²) in [6, 6.07) is 13.0. The second kappa shape index (κ2) is 6.19. The van der Waals surface area contributed by atoms with Gasteiger partial charge in [0.05, 0.1) is 6.04 Å². The van der Waals surface area contributed by atoms with Gasteiger partial charge >= 0.3 is 0 Å². The van der Waals surface area contributed by atoms with Crippen LogP contribution in [0.2, 0.25) is 0 Å². The Morgan fingerprint density at radius 2 is 1.65 bits per heavy atom. The molecule has 1 nitrogen and oxygen atoms in total. The van der Waals surface area contributed by atoms with E-state index in [1.54, 1.807) is 0 Å². The number of halogens is 1. The van der Waals surface area contributed by atoms with Crippen molar-refractivity contribution in [2.24, 2.45) is 11.7 Å². The van der Waals surface area contributed by atoms with Gasteiger partial charge < -0.3 is 5.73 Å². The first-order valence-electron chi connectivity index (χ1n) is 7.07. The first kappa shape index (κ1) is 14.7. The Morgan fingerprint density at radius 3 is 2.20 bits per heavy atom. The van der Waals surface area contributed by atoms with Gasteiger partial charge in [-0.3, -0.25) is 0 Å². The Labute approximate surface area is 120 Å². The number of hydrogen-bond donors (Lipinski definition) is 1. The average Bonchev–Trinajstić information content (AvgIpc) is 2.37. The summed E-state index contributed by atoms with van der Waals surface area (Å²) >= 11 is 0. The van der Waals surface area contributed by atoms with Crippen molar-refractivity contribution in [2.45, 2.75) is 33.2 Å². The molecule has 0 saturated heterocycles. The van der Waals surface area contributed by atoms with Gasteiger partial charge in [-0.2, -0.15) is 0 Å². The van der Waals surface area contributed by atoms with Crippen LogP contribution in [0.4, 0.5) is 4.39 Å². The summed E-state index contributed by atoms with van der Waals surface area (Å²) < 4.78 is 13.5. The average molecular weight is 271 g/mol. The molecule has 0 amide bonds. The van der Waals surface area contributed by atoms with Gasteiger partial charge in [-0.1, -0.05) is 44.2 Å². The lowest BCUT2D eigenvalue weighted by atomic mass is 9.95. The monoisotopic (exact) mass is 271 g/mol. The molecule has 2 aromatic rings. The minimum Gasteiger partial charge on any atom is -0.320 e. The van der Waals surface area contributed by atoms with Crippen LogP contribution in [-0.4, -0.2) is 0 Å².